The van der Waals surface area contributed by atoms with Crippen molar-refractivity contribution < 1.29 is 63.3 Å². The topological polar surface area (TPSA) is 55.8 Å². The van der Waals surface area contributed by atoms with E-state index in [0.717, 1.165) is 0 Å². The fourth-order valence-electron chi connectivity index (χ4n) is 2.91. The minimum absolute atomic E-state index is 0.133. The summed E-state index contributed by atoms with van der Waals surface area (Å²) in [6.07, 6.45) is -17.2. The maximum absolute atomic E-state index is 14.7. The lowest BCUT2D eigenvalue weighted by atomic mass is 9.69. The Hall–Kier alpha value is -1.57. The van der Waals surface area contributed by atoms with Crippen molar-refractivity contribution in [2.75, 3.05) is 0 Å². The lowest BCUT2D eigenvalue weighted by Crippen LogP contribution is -2.87. The molecule has 1 aliphatic heterocycles. The van der Waals surface area contributed by atoms with Crippen LogP contribution in [0, 0.1) is 0 Å². The monoisotopic (exact) mass is 436 g/mol. The van der Waals surface area contributed by atoms with Gasteiger partial charge in [-0.2, -0.15) is 43.9 Å². The summed E-state index contributed by atoms with van der Waals surface area (Å²) < 4.78 is 146. The van der Waals surface area contributed by atoms with Crippen LogP contribution in [0.1, 0.15) is 26.7 Å². The summed E-state index contributed by atoms with van der Waals surface area (Å²) in [7, 11) is 0. The third-order valence-corrected chi connectivity index (χ3v) is 4.53. The summed E-state index contributed by atoms with van der Waals surface area (Å²) in [5.74, 6) is -20.5. The predicted octanol–water partition coefficient (Wildman–Crippen LogP) is 4.13. The van der Waals surface area contributed by atoms with E-state index >= 15 is 0 Å². The summed E-state index contributed by atoms with van der Waals surface area (Å²) >= 11 is 0. The molecule has 3 atom stereocenters. The van der Waals surface area contributed by atoms with E-state index in [4.69, 9.17) is 0 Å². The average molecular weight is 436 g/mol. The van der Waals surface area contributed by atoms with Gasteiger partial charge in [-0.15, -0.1) is 0 Å². The van der Waals surface area contributed by atoms with Crippen molar-refractivity contribution in [3.63, 3.8) is 0 Å². The van der Waals surface area contributed by atoms with E-state index < -0.39 is 60.0 Å². The SMILES string of the molecule is C=CC(=O)OC1(C(F)(F)F)OC(CC)(C(F)(F)F)C(F)(F)C(O)(CC)C1(F)F. The zero-order valence-corrected chi connectivity index (χ0v) is 14.2. The molecule has 1 N–H and O–H groups in total. The molecule has 28 heavy (non-hydrogen) atoms. The number of ether oxygens (including phenoxy) is 2. The molecule has 4 nitrogen and oxygen atoms in total. The third kappa shape index (κ3) is 2.63. The van der Waals surface area contributed by atoms with Crippen LogP contribution in [-0.2, 0) is 14.3 Å². The van der Waals surface area contributed by atoms with Gasteiger partial charge in [0.05, 0.1) is 0 Å². The van der Waals surface area contributed by atoms with Crippen LogP contribution in [0.2, 0.25) is 0 Å². The van der Waals surface area contributed by atoms with Gasteiger partial charge in [0.2, 0.25) is 11.2 Å². The zero-order valence-electron chi connectivity index (χ0n) is 14.2. The molecule has 1 aliphatic rings. The van der Waals surface area contributed by atoms with Crippen LogP contribution in [0.5, 0.6) is 0 Å². The Balaban J connectivity index is 4.13. The van der Waals surface area contributed by atoms with Crippen molar-refractivity contribution in [2.24, 2.45) is 0 Å². The van der Waals surface area contributed by atoms with Crippen molar-refractivity contribution in [3.8, 4) is 0 Å². The maximum Gasteiger partial charge on any atom is 0.462 e. The minimum Gasteiger partial charge on any atom is -0.415 e. The molecule has 1 fully saturated rings. The molecule has 0 saturated carbocycles. The molecular weight excluding hydrogens is 422 g/mol. The Kier molecular flexibility index (Phi) is 5.65. The molecule has 1 rings (SSSR count). The fraction of sp³-hybridized carbons (Fsp3) is 0.786. The van der Waals surface area contributed by atoms with Crippen LogP contribution in [0.15, 0.2) is 12.7 Å². The van der Waals surface area contributed by atoms with E-state index in [0.29, 0.717) is 6.92 Å². The maximum atomic E-state index is 14.7. The Labute approximate surface area is 151 Å². The number of alkyl halides is 10. The van der Waals surface area contributed by atoms with Gasteiger partial charge in [-0.25, -0.2) is 4.79 Å². The van der Waals surface area contributed by atoms with Crippen molar-refractivity contribution in [3.05, 3.63) is 12.7 Å². The first-order valence-electron chi connectivity index (χ1n) is 7.45. The van der Waals surface area contributed by atoms with Crippen molar-refractivity contribution >= 4 is 5.97 Å². The van der Waals surface area contributed by atoms with E-state index in [1.54, 1.807) is 0 Å². The molecule has 0 aromatic carbocycles. The first kappa shape index (κ1) is 24.5. The number of hydrogen-bond acceptors (Lipinski definition) is 4. The highest BCUT2D eigenvalue weighted by molar-refractivity contribution is 5.81. The van der Waals surface area contributed by atoms with Crippen molar-refractivity contribution in [2.45, 2.75) is 67.9 Å². The molecule has 0 radical (unpaired) electrons. The molecule has 0 spiro atoms. The summed E-state index contributed by atoms with van der Waals surface area (Å²) in [4.78, 5) is 11.2. The average Bonchev–Trinajstić information content (AvgIpc) is 2.53. The number of hydrogen-bond donors (Lipinski definition) is 1. The van der Waals surface area contributed by atoms with Crippen LogP contribution < -0.4 is 0 Å². The molecule has 3 unspecified atom stereocenters. The van der Waals surface area contributed by atoms with Crippen LogP contribution >= 0.6 is 0 Å². The van der Waals surface area contributed by atoms with Crippen molar-refractivity contribution in [1.82, 2.24) is 0 Å². The molecule has 14 heteroatoms. The molecule has 1 heterocycles. The first-order chi connectivity index (χ1) is 12.3. The molecule has 0 amide bonds. The van der Waals surface area contributed by atoms with E-state index in [9.17, 15) is 53.8 Å². The molecule has 0 aromatic rings. The van der Waals surface area contributed by atoms with E-state index in [2.05, 4.69) is 16.1 Å². The second kappa shape index (κ2) is 6.47. The molecule has 0 bridgehead atoms. The van der Waals surface area contributed by atoms with Gasteiger partial charge < -0.3 is 14.6 Å². The van der Waals surface area contributed by atoms with E-state index in [-0.39, 0.29) is 13.0 Å². The Bertz CT molecular complexity index is 643. The highest BCUT2D eigenvalue weighted by atomic mass is 19.4. The second-order valence-electron chi connectivity index (χ2n) is 5.88. The first-order valence-corrected chi connectivity index (χ1v) is 7.45. The zero-order chi connectivity index (χ0) is 22.6. The lowest BCUT2D eigenvalue weighted by Gasteiger charge is -2.59. The van der Waals surface area contributed by atoms with Gasteiger partial charge in [0, 0.05) is 6.08 Å². The Morgan fingerprint density at radius 1 is 1.00 bits per heavy atom. The summed E-state index contributed by atoms with van der Waals surface area (Å²) in [5, 5.41) is 9.85. The second-order valence-corrected chi connectivity index (χ2v) is 5.88. The predicted molar refractivity (Wildman–Crippen MR) is 70.4 cm³/mol. The molecule has 1 saturated heterocycles. The molecule has 164 valence electrons. The Morgan fingerprint density at radius 2 is 1.46 bits per heavy atom. The number of rotatable bonds is 4. The molecule has 0 aliphatic carbocycles. The molecular formula is C14H14F10O4. The summed E-state index contributed by atoms with van der Waals surface area (Å²) in [5.41, 5.74) is -10.5. The number of esters is 1. The van der Waals surface area contributed by atoms with Gasteiger partial charge >= 0.3 is 36.0 Å². The van der Waals surface area contributed by atoms with Crippen LogP contribution in [0.3, 0.4) is 0 Å². The smallest absolute Gasteiger partial charge is 0.415 e. The van der Waals surface area contributed by atoms with Gasteiger partial charge in [-0.3, -0.25) is 0 Å². The van der Waals surface area contributed by atoms with Gasteiger partial charge in [-0.05, 0) is 12.8 Å². The van der Waals surface area contributed by atoms with E-state index in [1.807, 2.05) is 0 Å². The fourth-order valence-corrected chi connectivity index (χ4v) is 2.91. The number of halogens is 10. The molecule has 0 aromatic heterocycles. The van der Waals surface area contributed by atoms with Gasteiger partial charge in [0.25, 0.3) is 0 Å². The van der Waals surface area contributed by atoms with Gasteiger partial charge in [-0.1, -0.05) is 20.4 Å². The normalized spacial score (nSPS) is 35.3. The van der Waals surface area contributed by atoms with Crippen LogP contribution in [-0.4, -0.2) is 52.3 Å². The summed E-state index contributed by atoms with van der Waals surface area (Å²) in [6, 6.07) is 0. The number of carbonyl (C=O) groups is 1. The van der Waals surface area contributed by atoms with Crippen LogP contribution in [0.25, 0.3) is 0 Å². The van der Waals surface area contributed by atoms with Crippen molar-refractivity contribution in [1.29, 1.82) is 0 Å². The lowest BCUT2D eigenvalue weighted by molar-refractivity contribution is -0.557. The standard InChI is InChI=1S/C14H14F10O4/c1-4-7(25)27-12(14(22,23)24)11(17,18)8(26,5-2)10(15,16)9(6-3,28-12)13(19,20)21/h4,26H,1,5-6H2,2-3H3. The van der Waals surface area contributed by atoms with Gasteiger partial charge in [0.1, 0.15) is 0 Å². The Morgan fingerprint density at radius 3 is 1.75 bits per heavy atom. The number of carbonyl (C=O) groups excluding carboxylic acids is 1. The number of aliphatic hydroxyl groups is 1. The third-order valence-electron chi connectivity index (χ3n) is 4.53. The highest BCUT2D eigenvalue weighted by Gasteiger charge is 2.96. The quantitative estimate of drug-likeness (QED) is 0.409. The largest absolute Gasteiger partial charge is 0.462 e. The minimum atomic E-state index is -6.68. The summed E-state index contributed by atoms with van der Waals surface area (Å²) in [6.45, 7) is 3.18. The van der Waals surface area contributed by atoms with E-state index in [1.165, 1.54) is 0 Å². The van der Waals surface area contributed by atoms with Crippen LogP contribution in [0.4, 0.5) is 43.9 Å². The van der Waals surface area contributed by atoms with Gasteiger partial charge in [0.15, 0.2) is 0 Å². The highest BCUT2D eigenvalue weighted by Crippen LogP contribution is 2.67.